The van der Waals surface area contributed by atoms with Gasteiger partial charge in [-0.3, -0.25) is 4.79 Å². The summed E-state index contributed by atoms with van der Waals surface area (Å²) in [5, 5.41) is 2.82. The van der Waals surface area contributed by atoms with Crippen LogP contribution in [0, 0.1) is 0 Å². The minimum Gasteiger partial charge on any atom is -0.354 e. The summed E-state index contributed by atoms with van der Waals surface area (Å²) in [5.41, 5.74) is -0.0991. The second-order valence-electron chi connectivity index (χ2n) is 6.63. The molecule has 1 aliphatic rings. The number of nitrogens with one attached hydrogen (secondary N) is 1. The van der Waals surface area contributed by atoms with E-state index in [9.17, 15) is 13.2 Å². The molecule has 1 aromatic rings. The van der Waals surface area contributed by atoms with Gasteiger partial charge in [0.1, 0.15) is 11.5 Å². The third kappa shape index (κ3) is 4.16. The van der Waals surface area contributed by atoms with Gasteiger partial charge in [0, 0.05) is 18.6 Å². The van der Waals surface area contributed by atoms with Gasteiger partial charge >= 0.3 is 0 Å². The van der Waals surface area contributed by atoms with Gasteiger partial charge in [0.15, 0.2) is 9.84 Å². The highest BCUT2D eigenvalue weighted by molar-refractivity contribution is 7.91. The zero-order valence-corrected chi connectivity index (χ0v) is 14.1. The molecule has 0 aliphatic carbocycles. The molecule has 1 saturated heterocycles. The lowest BCUT2D eigenvalue weighted by Crippen LogP contribution is -2.41. The largest absolute Gasteiger partial charge is 0.354 e. The van der Waals surface area contributed by atoms with Crippen molar-refractivity contribution in [3.63, 3.8) is 0 Å². The molecule has 1 fully saturated rings. The van der Waals surface area contributed by atoms with Crippen molar-refractivity contribution in [3.05, 3.63) is 18.1 Å². The predicted octanol–water partition coefficient (Wildman–Crippen LogP) is 0.628. The fourth-order valence-corrected chi connectivity index (χ4v) is 4.07. The molecule has 1 unspecified atom stereocenters. The van der Waals surface area contributed by atoms with E-state index in [1.165, 1.54) is 12.4 Å². The summed E-state index contributed by atoms with van der Waals surface area (Å²) in [7, 11) is -1.15. The second-order valence-corrected chi connectivity index (χ2v) is 8.86. The summed E-state index contributed by atoms with van der Waals surface area (Å²) in [6, 6.07) is -0.0893. The maximum absolute atomic E-state index is 12.0. The molecule has 122 valence electrons. The minimum absolute atomic E-state index is 0.0893. The van der Waals surface area contributed by atoms with Gasteiger partial charge < -0.3 is 10.2 Å². The summed E-state index contributed by atoms with van der Waals surface area (Å²) in [4.78, 5) is 22.1. The van der Waals surface area contributed by atoms with Crippen molar-refractivity contribution in [2.24, 2.45) is 0 Å². The fourth-order valence-electron chi connectivity index (χ4n) is 2.29. The molecule has 7 nitrogen and oxygen atoms in total. The van der Waals surface area contributed by atoms with Gasteiger partial charge in [0.25, 0.3) is 5.91 Å². The van der Waals surface area contributed by atoms with E-state index in [-0.39, 0.29) is 34.7 Å². The number of amides is 1. The van der Waals surface area contributed by atoms with E-state index in [0.717, 1.165) is 0 Å². The van der Waals surface area contributed by atoms with Gasteiger partial charge in [-0.2, -0.15) is 0 Å². The Labute approximate surface area is 131 Å². The normalized spacial score (nSPS) is 20.6. The van der Waals surface area contributed by atoms with Crippen molar-refractivity contribution in [1.29, 1.82) is 0 Å². The highest BCUT2D eigenvalue weighted by Gasteiger charge is 2.31. The first-order chi connectivity index (χ1) is 10.1. The lowest BCUT2D eigenvalue weighted by molar-refractivity contribution is 0.0914. The molecule has 0 saturated carbocycles. The van der Waals surface area contributed by atoms with Crippen LogP contribution in [0.5, 0.6) is 0 Å². The van der Waals surface area contributed by atoms with Crippen LogP contribution in [0.2, 0.25) is 0 Å². The third-order valence-electron chi connectivity index (χ3n) is 3.48. The van der Waals surface area contributed by atoms with Crippen molar-refractivity contribution in [1.82, 2.24) is 15.3 Å². The fraction of sp³-hybridized carbons (Fsp3) is 0.643. The van der Waals surface area contributed by atoms with Crippen LogP contribution in [-0.2, 0) is 9.84 Å². The lowest BCUT2D eigenvalue weighted by atomic mass is 10.1. The van der Waals surface area contributed by atoms with E-state index < -0.39 is 9.84 Å². The van der Waals surface area contributed by atoms with Crippen molar-refractivity contribution in [2.75, 3.05) is 23.5 Å². The number of carbonyl (C=O) groups is 1. The maximum Gasteiger partial charge on any atom is 0.271 e. The van der Waals surface area contributed by atoms with Crippen LogP contribution in [0.15, 0.2) is 12.4 Å². The Hall–Kier alpha value is -1.70. The van der Waals surface area contributed by atoms with E-state index in [1.807, 2.05) is 25.7 Å². The van der Waals surface area contributed by atoms with E-state index in [0.29, 0.717) is 12.2 Å². The number of nitrogens with zero attached hydrogens (tertiary/aromatic N) is 3. The van der Waals surface area contributed by atoms with E-state index in [1.54, 1.807) is 7.05 Å². The van der Waals surface area contributed by atoms with Gasteiger partial charge in [-0.25, -0.2) is 18.4 Å². The Balaban J connectivity index is 2.07. The van der Waals surface area contributed by atoms with Crippen LogP contribution >= 0.6 is 0 Å². The number of hydrogen-bond acceptors (Lipinski definition) is 6. The molecule has 2 heterocycles. The van der Waals surface area contributed by atoms with Gasteiger partial charge in [-0.05, 0) is 27.2 Å². The Morgan fingerprint density at radius 3 is 2.45 bits per heavy atom. The standard InChI is InChI=1S/C14H22N4O3S/c1-14(2,3)17-13(19)11-7-16-12(8-15-11)18(4)10-5-6-22(20,21)9-10/h7-8,10H,5-6,9H2,1-4H3,(H,17,19). The van der Waals surface area contributed by atoms with Crippen molar-refractivity contribution >= 4 is 21.6 Å². The Kier molecular flexibility index (Phi) is 4.42. The van der Waals surface area contributed by atoms with Gasteiger partial charge in [-0.1, -0.05) is 0 Å². The highest BCUT2D eigenvalue weighted by atomic mass is 32.2. The molecular formula is C14H22N4O3S. The molecule has 0 bridgehead atoms. The topological polar surface area (TPSA) is 92.3 Å². The molecule has 8 heteroatoms. The molecule has 1 atom stereocenters. The van der Waals surface area contributed by atoms with E-state index >= 15 is 0 Å². The molecule has 0 radical (unpaired) electrons. The Morgan fingerprint density at radius 1 is 1.32 bits per heavy atom. The van der Waals surface area contributed by atoms with Crippen LogP contribution in [-0.4, -0.2) is 54.4 Å². The lowest BCUT2D eigenvalue weighted by Gasteiger charge is -2.24. The van der Waals surface area contributed by atoms with Crippen LogP contribution in [0.1, 0.15) is 37.7 Å². The van der Waals surface area contributed by atoms with Crippen molar-refractivity contribution in [2.45, 2.75) is 38.8 Å². The van der Waals surface area contributed by atoms with Crippen LogP contribution < -0.4 is 10.2 Å². The van der Waals surface area contributed by atoms with Crippen molar-refractivity contribution in [3.8, 4) is 0 Å². The van der Waals surface area contributed by atoms with Gasteiger partial charge in [0.05, 0.1) is 23.9 Å². The number of rotatable bonds is 3. The molecule has 1 aliphatic heterocycles. The third-order valence-corrected chi connectivity index (χ3v) is 5.23. The Morgan fingerprint density at radius 2 is 2.00 bits per heavy atom. The molecule has 1 N–H and O–H groups in total. The second kappa shape index (κ2) is 5.83. The first-order valence-corrected chi connectivity index (χ1v) is 8.97. The average molecular weight is 326 g/mol. The SMILES string of the molecule is CN(c1cnc(C(=O)NC(C)(C)C)cn1)C1CCS(=O)(=O)C1. The smallest absolute Gasteiger partial charge is 0.271 e. The molecule has 0 aromatic carbocycles. The number of anilines is 1. The molecule has 1 amide bonds. The summed E-state index contributed by atoms with van der Waals surface area (Å²) in [6.07, 6.45) is 3.51. The minimum atomic E-state index is -2.94. The quantitative estimate of drug-likeness (QED) is 0.876. The van der Waals surface area contributed by atoms with Crippen LogP contribution in [0.4, 0.5) is 5.82 Å². The van der Waals surface area contributed by atoms with Gasteiger partial charge in [0.2, 0.25) is 0 Å². The van der Waals surface area contributed by atoms with Crippen molar-refractivity contribution < 1.29 is 13.2 Å². The molecule has 2 rings (SSSR count). The molecular weight excluding hydrogens is 304 g/mol. The first-order valence-electron chi connectivity index (χ1n) is 7.15. The molecule has 0 spiro atoms. The molecule has 22 heavy (non-hydrogen) atoms. The summed E-state index contributed by atoms with van der Waals surface area (Å²) in [5.74, 6) is 0.630. The van der Waals surface area contributed by atoms with Crippen LogP contribution in [0.25, 0.3) is 0 Å². The number of aromatic nitrogens is 2. The zero-order valence-electron chi connectivity index (χ0n) is 13.3. The number of carbonyl (C=O) groups excluding carboxylic acids is 1. The highest BCUT2D eigenvalue weighted by Crippen LogP contribution is 2.20. The summed E-state index contributed by atoms with van der Waals surface area (Å²) >= 11 is 0. The summed E-state index contributed by atoms with van der Waals surface area (Å²) < 4.78 is 23.1. The van der Waals surface area contributed by atoms with Crippen LogP contribution in [0.3, 0.4) is 0 Å². The maximum atomic E-state index is 12.0. The zero-order chi connectivity index (χ0) is 16.5. The number of sulfone groups is 1. The Bertz CT molecular complexity index is 650. The summed E-state index contributed by atoms with van der Waals surface area (Å²) in [6.45, 7) is 5.67. The van der Waals surface area contributed by atoms with E-state index in [4.69, 9.17) is 0 Å². The average Bonchev–Trinajstić information content (AvgIpc) is 2.76. The van der Waals surface area contributed by atoms with Gasteiger partial charge in [-0.15, -0.1) is 0 Å². The number of hydrogen-bond donors (Lipinski definition) is 1. The van der Waals surface area contributed by atoms with E-state index in [2.05, 4.69) is 15.3 Å². The first kappa shape index (κ1) is 16.7. The monoisotopic (exact) mass is 326 g/mol. The predicted molar refractivity (Wildman–Crippen MR) is 84.7 cm³/mol. The molecule has 1 aromatic heterocycles.